The van der Waals surface area contributed by atoms with E-state index in [2.05, 4.69) is 37.6 Å². The molecule has 1 saturated heterocycles. The number of benzene rings is 1. The third-order valence-electron chi connectivity index (χ3n) is 5.24. The average Bonchev–Trinajstić information content (AvgIpc) is 3.26. The highest BCUT2D eigenvalue weighted by Crippen LogP contribution is 2.17. The molecule has 174 valence electrons. The molecule has 1 aromatic heterocycles. The molecule has 1 atom stereocenters. The van der Waals surface area contributed by atoms with Crippen molar-refractivity contribution in [1.82, 2.24) is 20.5 Å². The summed E-state index contributed by atoms with van der Waals surface area (Å²) < 4.78 is 5.21. The van der Waals surface area contributed by atoms with Crippen molar-refractivity contribution >= 4 is 41.7 Å². The summed E-state index contributed by atoms with van der Waals surface area (Å²) in [6, 6.07) is 14.2. The number of likely N-dealkylation sites (N-methyl/N-ethyl adjacent to an activating group) is 1. The quantitative estimate of drug-likeness (QED) is 0.297. The molecule has 1 unspecified atom stereocenters. The maximum atomic E-state index is 12.0. The summed E-state index contributed by atoms with van der Waals surface area (Å²) in [6.07, 6.45) is 3.64. The lowest BCUT2D eigenvalue weighted by Crippen LogP contribution is -2.45. The van der Waals surface area contributed by atoms with Crippen LogP contribution in [-0.2, 0) is 11.2 Å². The lowest BCUT2D eigenvalue weighted by molar-refractivity contribution is -0.127. The number of ether oxygens (including phenoxy) is 1. The van der Waals surface area contributed by atoms with Gasteiger partial charge in [-0.2, -0.15) is 0 Å². The van der Waals surface area contributed by atoms with E-state index in [4.69, 9.17) is 4.74 Å². The fraction of sp³-hybridized carbons (Fsp3) is 0.435. The van der Waals surface area contributed by atoms with Crippen LogP contribution in [0.1, 0.15) is 12.0 Å². The summed E-state index contributed by atoms with van der Waals surface area (Å²) in [7, 11) is 5.14. The normalized spacial score (nSPS) is 15.7. The van der Waals surface area contributed by atoms with Crippen LogP contribution in [0.5, 0.6) is 5.75 Å². The summed E-state index contributed by atoms with van der Waals surface area (Å²) in [5.74, 6) is 2.47. The van der Waals surface area contributed by atoms with Crippen LogP contribution in [0, 0.1) is 0 Å². The number of amides is 1. The second-order valence-corrected chi connectivity index (χ2v) is 7.74. The number of aromatic nitrogens is 1. The van der Waals surface area contributed by atoms with Gasteiger partial charge in [0, 0.05) is 46.0 Å². The SMILES string of the molecule is COc1ccc(CCNC(=NCC(=O)N(C)C)NC2CCN(c3ccccn3)C2)cc1.I. The number of nitrogens with zero attached hydrogens (tertiary/aromatic N) is 4. The first-order chi connectivity index (χ1) is 15.0. The molecule has 0 spiro atoms. The molecule has 1 amide bonds. The number of aliphatic imine (C=N–C) groups is 1. The Hall–Kier alpha value is -2.56. The minimum absolute atomic E-state index is 0. The number of pyridine rings is 1. The molecule has 2 N–H and O–H groups in total. The topological polar surface area (TPSA) is 82.1 Å². The van der Waals surface area contributed by atoms with Crippen molar-refractivity contribution in [2.24, 2.45) is 4.99 Å². The minimum Gasteiger partial charge on any atom is -0.497 e. The van der Waals surface area contributed by atoms with Crippen molar-refractivity contribution in [2.45, 2.75) is 18.9 Å². The zero-order valence-electron chi connectivity index (χ0n) is 19.0. The van der Waals surface area contributed by atoms with Crippen LogP contribution in [0.15, 0.2) is 53.7 Å². The Balaban J connectivity index is 0.00000363. The molecule has 9 heteroatoms. The Morgan fingerprint density at radius 3 is 2.69 bits per heavy atom. The standard InChI is InChI=1S/C23H32N6O2.HI/c1-28(2)22(30)16-26-23(25-14-11-18-7-9-20(31-3)10-8-18)27-19-12-15-29(17-19)21-6-4-5-13-24-21;/h4-10,13,19H,11-12,14-17H2,1-3H3,(H2,25,26,27);1H. The van der Waals surface area contributed by atoms with Crippen LogP contribution in [0.3, 0.4) is 0 Å². The highest BCUT2D eigenvalue weighted by Gasteiger charge is 2.24. The number of hydrogen-bond acceptors (Lipinski definition) is 5. The molecule has 0 aliphatic carbocycles. The summed E-state index contributed by atoms with van der Waals surface area (Å²) in [6.45, 7) is 2.61. The van der Waals surface area contributed by atoms with E-state index in [1.54, 1.807) is 26.1 Å². The maximum Gasteiger partial charge on any atom is 0.243 e. The largest absolute Gasteiger partial charge is 0.497 e. The Kier molecular flexibility index (Phi) is 10.5. The number of carbonyl (C=O) groups excluding carboxylic acids is 1. The van der Waals surface area contributed by atoms with E-state index in [1.165, 1.54) is 5.56 Å². The number of methoxy groups -OCH3 is 1. The van der Waals surface area contributed by atoms with Crippen molar-refractivity contribution in [3.8, 4) is 5.75 Å². The van der Waals surface area contributed by atoms with Gasteiger partial charge in [-0.15, -0.1) is 24.0 Å². The van der Waals surface area contributed by atoms with Gasteiger partial charge in [0.2, 0.25) is 5.91 Å². The molecule has 32 heavy (non-hydrogen) atoms. The van der Waals surface area contributed by atoms with Crippen LogP contribution in [-0.4, -0.2) is 75.2 Å². The number of hydrogen-bond donors (Lipinski definition) is 2. The first-order valence-electron chi connectivity index (χ1n) is 10.6. The van der Waals surface area contributed by atoms with Gasteiger partial charge in [0.05, 0.1) is 7.11 Å². The fourth-order valence-electron chi connectivity index (χ4n) is 3.38. The second-order valence-electron chi connectivity index (χ2n) is 7.74. The molecular weight excluding hydrogens is 519 g/mol. The highest BCUT2D eigenvalue weighted by molar-refractivity contribution is 14.0. The number of guanidine groups is 1. The lowest BCUT2D eigenvalue weighted by atomic mass is 10.1. The van der Waals surface area contributed by atoms with Gasteiger partial charge in [0.1, 0.15) is 18.1 Å². The molecule has 1 aromatic carbocycles. The number of nitrogens with one attached hydrogen (secondary N) is 2. The lowest BCUT2D eigenvalue weighted by Gasteiger charge is -2.20. The van der Waals surface area contributed by atoms with Crippen molar-refractivity contribution in [1.29, 1.82) is 0 Å². The summed E-state index contributed by atoms with van der Waals surface area (Å²) in [4.78, 5) is 24.8. The van der Waals surface area contributed by atoms with E-state index in [9.17, 15) is 4.79 Å². The summed E-state index contributed by atoms with van der Waals surface area (Å²) >= 11 is 0. The fourth-order valence-corrected chi connectivity index (χ4v) is 3.38. The molecule has 2 heterocycles. The van der Waals surface area contributed by atoms with Crippen LogP contribution in [0.2, 0.25) is 0 Å². The molecule has 1 aliphatic rings. The molecule has 2 aromatic rings. The Labute approximate surface area is 207 Å². The molecule has 0 saturated carbocycles. The Bertz CT molecular complexity index is 861. The predicted molar refractivity (Wildman–Crippen MR) is 139 cm³/mol. The maximum absolute atomic E-state index is 12.0. The number of rotatable bonds is 8. The molecule has 3 rings (SSSR count). The number of halogens is 1. The van der Waals surface area contributed by atoms with Crippen LogP contribution in [0.25, 0.3) is 0 Å². The first-order valence-corrected chi connectivity index (χ1v) is 10.6. The summed E-state index contributed by atoms with van der Waals surface area (Å²) in [5.41, 5.74) is 1.21. The predicted octanol–water partition coefficient (Wildman–Crippen LogP) is 2.15. The smallest absolute Gasteiger partial charge is 0.243 e. The molecule has 1 fully saturated rings. The van der Waals surface area contributed by atoms with E-state index >= 15 is 0 Å². The Morgan fingerprint density at radius 2 is 2.03 bits per heavy atom. The molecule has 8 nitrogen and oxygen atoms in total. The van der Waals surface area contributed by atoms with E-state index < -0.39 is 0 Å². The Morgan fingerprint density at radius 1 is 1.25 bits per heavy atom. The van der Waals surface area contributed by atoms with Gasteiger partial charge in [-0.3, -0.25) is 4.79 Å². The minimum atomic E-state index is -0.0298. The first kappa shape index (κ1) is 25.7. The van der Waals surface area contributed by atoms with Gasteiger partial charge < -0.3 is 25.2 Å². The third kappa shape index (κ3) is 7.85. The molecule has 1 aliphatic heterocycles. The van der Waals surface area contributed by atoms with E-state index in [0.29, 0.717) is 12.5 Å². The van der Waals surface area contributed by atoms with Gasteiger partial charge >= 0.3 is 0 Å². The average molecular weight is 552 g/mol. The zero-order chi connectivity index (χ0) is 22.1. The summed E-state index contributed by atoms with van der Waals surface area (Å²) in [5, 5.41) is 6.87. The number of anilines is 1. The van der Waals surface area contributed by atoms with Crippen molar-refractivity contribution in [3.63, 3.8) is 0 Å². The number of carbonyl (C=O) groups is 1. The molecular formula is C23H33IN6O2. The van der Waals surface area contributed by atoms with Gasteiger partial charge in [-0.25, -0.2) is 9.98 Å². The molecule has 0 bridgehead atoms. The van der Waals surface area contributed by atoms with E-state index in [1.807, 2.05) is 36.5 Å². The van der Waals surface area contributed by atoms with Crippen LogP contribution in [0.4, 0.5) is 5.82 Å². The van der Waals surface area contributed by atoms with E-state index in [-0.39, 0.29) is 42.5 Å². The van der Waals surface area contributed by atoms with Crippen molar-refractivity contribution in [3.05, 3.63) is 54.2 Å². The van der Waals surface area contributed by atoms with Crippen LogP contribution < -0.4 is 20.3 Å². The van der Waals surface area contributed by atoms with Gasteiger partial charge in [0.25, 0.3) is 0 Å². The third-order valence-corrected chi connectivity index (χ3v) is 5.24. The van der Waals surface area contributed by atoms with Crippen molar-refractivity contribution < 1.29 is 9.53 Å². The zero-order valence-corrected chi connectivity index (χ0v) is 21.3. The second kappa shape index (κ2) is 13.1. The van der Waals surface area contributed by atoms with E-state index in [0.717, 1.165) is 37.5 Å². The highest BCUT2D eigenvalue weighted by atomic mass is 127. The monoisotopic (exact) mass is 552 g/mol. The molecule has 0 radical (unpaired) electrons. The van der Waals surface area contributed by atoms with Gasteiger partial charge in [-0.1, -0.05) is 18.2 Å². The van der Waals surface area contributed by atoms with Crippen LogP contribution >= 0.6 is 24.0 Å². The van der Waals surface area contributed by atoms with Gasteiger partial charge in [0.15, 0.2) is 5.96 Å². The van der Waals surface area contributed by atoms with Crippen molar-refractivity contribution in [2.75, 3.05) is 52.3 Å². The van der Waals surface area contributed by atoms with Gasteiger partial charge in [-0.05, 0) is 42.7 Å².